The van der Waals surface area contributed by atoms with Gasteiger partial charge in [-0.1, -0.05) is 5.57 Å². The van der Waals surface area contributed by atoms with Crippen molar-refractivity contribution in [3.05, 3.63) is 33.9 Å². The molecule has 3 aliphatic carbocycles. The van der Waals surface area contributed by atoms with Crippen molar-refractivity contribution >= 4 is 15.8 Å². The third kappa shape index (κ3) is 2.52. The van der Waals surface area contributed by atoms with Gasteiger partial charge in [-0.2, -0.15) is 0 Å². The van der Waals surface area contributed by atoms with Crippen LogP contribution in [-0.4, -0.2) is 37.7 Å². The molecule has 0 aromatic rings. The van der Waals surface area contributed by atoms with E-state index in [2.05, 4.69) is 4.72 Å². The second kappa shape index (κ2) is 5.38. The van der Waals surface area contributed by atoms with E-state index >= 15 is 0 Å². The number of allylic oxidation sites excluding steroid dienone is 4. The molecule has 0 amide bonds. The molecule has 3 rings (SSSR count). The largest absolute Gasteiger partial charge is 0.381 e. The average Bonchev–Trinajstić information content (AvgIpc) is 3.21. The summed E-state index contributed by atoms with van der Waals surface area (Å²) in [5.41, 5.74) is 3.17. The highest BCUT2D eigenvalue weighted by Crippen LogP contribution is 2.65. The van der Waals surface area contributed by atoms with Crippen molar-refractivity contribution in [1.82, 2.24) is 4.72 Å². The van der Waals surface area contributed by atoms with Crippen molar-refractivity contribution in [3.63, 3.8) is 0 Å². The molecular formula is C18H25NO4S. The molecule has 1 atom stereocenters. The van der Waals surface area contributed by atoms with Gasteiger partial charge < -0.3 is 5.11 Å². The van der Waals surface area contributed by atoms with Crippen molar-refractivity contribution in [1.29, 1.82) is 0 Å². The Kier molecular flexibility index (Phi) is 3.94. The van der Waals surface area contributed by atoms with Crippen LogP contribution < -0.4 is 4.72 Å². The molecule has 0 radical (unpaired) electrons. The van der Waals surface area contributed by atoms with Gasteiger partial charge >= 0.3 is 0 Å². The Morgan fingerprint density at radius 2 is 1.92 bits per heavy atom. The fourth-order valence-corrected chi connectivity index (χ4v) is 4.77. The van der Waals surface area contributed by atoms with Crippen LogP contribution in [0.3, 0.4) is 0 Å². The molecule has 1 spiro atoms. The maximum absolute atomic E-state index is 12.8. The van der Waals surface area contributed by atoms with E-state index in [0.717, 1.165) is 41.4 Å². The molecule has 0 aromatic heterocycles. The van der Waals surface area contributed by atoms with Crippen LogP contribution in [-0.2, 0) is 14.8 Å². The van der Waals surface area contributed by atoms with Crippen LogP contribution in [0.25, 0.3) is 0 Å². The van der Waals surface area contributed by atoms with E-state index in [0.29, 0.717) is 25.0 Å². The number of nitrogens with one attached hydrogen (secondary N) is 1. The van der Waals surface area contributed by atoms with Crippen molar-refractivity contribution in [3.8, 4) is 0 Å². The van der Waals surface area contributed by atoms with E-state index in [1.807, 2.05) is 19.9 Å². The molecule has 1 fully saturated rings. The smallest absolute Gasteiger partial charge is 0.208 e. The van der Waals surface area contributed by atoms with Gasteiger partial charge in [0.25, 0.3) is 0 Å². The van der Waals surface area contributed by atoms with E-state index in [4.69, 9.17) is 0 Å². The van der Waals surface area contributed by atoms with Crippen molar-refractivity contribution in [2.75, 3.05) is 12.8 Å². The highest BCUT2D eigenvalue weighted by atomic mass is 32.2. The molecule has 0 unspecified atom stereocenters. The first-order valence-electron chi connectivity index (χ1n) is 8.37. The standard InChI is InChI=1S/C18H25NO4S/c1-11-10-14-15(13(11)6-5-9-19-24(4,22)23)12(2)18(7-8-18)17(3,21)16(14)20/h10,19,21H,5-9H2,1-4H3/t17-/m0/s1. The predicted octanol–water partition coefficient (Wildman–Crippen LogP) is 2.00. The number of hydrogen-bond donors (Lipinski definition) is 2. The van der Waals surface area contributed by atoms with Crippen molar-refractivity contribution < 1.29 is 18.3 Å². The molecule has 2 N–H and O–H groups in total. The third-order valence-corrected chi connectivity index (χ3v) is 6.57. The van der Waals surface area contributed by atoms with Gasteiger partial charge in [0, 0.05) is 17.5 Å². The summed E-state index contributed by atoms with van der Waals surface area (Å²) in [6.07, 6.45) is 6.11. The maximum atomic E-state index is 12.8. The summed E-state index contributed by atoms with van der Waals surface area (Å²) >= 11 is 0. The molecule has 0 saturated heterocycles. The summed E-state index contributed by atoms with van der Waals surface area (Å²) in [6, 6.07) is 0. The van der Waals surface area contributed by atoms with Crippen LogP contribution >= 0.6 is 0 Å². The van der Waals surface area contributed by atoms with Crippen LogP contribution in [0.2, 0.25) is 0 Å². The number of rotatable bonds is 5. The van der Waals surface area contributed by atoms with Gasteiger partial charge in [-0.25, -0.2) is 13.1 Å². The zero-order valence-electron chi connectivity index (χ0n) is 14.7. The second-order valence-electron chi connectivity index (χ2n) is 7.47. The lowest BCUT2D eigenvalue weighted by Gasteiger charge is -2.39. The number of Topliss-reactive ketones (excluding diaryl/α,β-unsaturated/α-hetero) is 1. The first kappa shape index (κ1) is 17.6. The number of sulfonamides is 1. The normalized spacial score (nSPS) is 28.5. The van der Waals surface area contributed by atoms with E-state index in [1.54, 1.807) is 6.92 Å². The summed E-state index contributed by atoms with van der Waals surface area (Å²) in [5, 5.41) is 10.8. The lowest BCUT2D eigenvalue weighted by Crippen LogP contribution is -2.49. The molecule has 5 nitrogen and oxygen atoms in total. The quantitative estimate of drug-likeness (QED) is 0.742. The minimum atomic E-state index is -3.18. The Morgan fingerprint density at radius 3 is 2.46 bits per heavy atom. The Hall–Kier alpha value is -1.24. The molecule has 0 aromatic carbocycles. The molecular weight excluding hydrogens is 326 g/mol. The lowest BCUT2D eigenvalue weighted by molar-refractivity contribution is -0.137. The predicted molar refractivity (Wildman–Crippen MR) is 92.9 cm³/mol. The van der Waals surface area contributed by atoms with E-state index in [1.165, 1.54) is 0 Å². The molecule has 6 heteroatoms. The lowest BCUT2D eigenvalue weighted by atomic mass is 9.67. The zero-order chi connectivity index (χ0) is 17.9. The number of fused-ring (bicyclic) bond motifs is 1. The summed E-state index contributed by atoms with van der Waals surface area (Å²) in [7, 11) is -3.18. The topological polar surface area (TPSA) is 83.5 Å². The summed E-state index contributed by atoms with van der Waals surface area (Å²) in [5.74, 6) is -0.177. The van der Waals surface area contributed by atoms with Crippen LogP contribution in [0.1, 0.15) is 46.5 Å². The third-order valence-electron chi connectivity index (χ3n) is 5.84. The van der Waals surface area contributed by atoms with Gasteiger partial charge in [0.15, 0.2) is 5.78 Å². The summed E-state index contributed by atoms with van der Waals surface area (Å²) in [6.45, 7) is 6.04. The van der Waals surface area contributed by atoms with E-state index < -0.39 is 21.0 Å². The monoisotopic (exact) mass is 351 g/mol. The van der Waals surface area contributed by atoms with Gasteiger partial charge in [-0.05, 0) is 69.2 Å². The maximum Gasteiger partial charge on any atom is 0.208 e. The number of carbonyl (C=O) groups is 1. The highest BCUT2D eigenvalue weighted by molar-refractivity contribution is 7.88. The number of carbonyl (C=O) groups excluding carboxylic acids is 1. The van der Waals surface area contributed by atoms with Gasteiger partial charge in [0.05, 0.1) is 6.26 Å². The molecule has 132 valence electrons. The number of hydrogen-bond acceptors (Lipinski definition) is 4. The summed E-state index contributed by atoms with van der Waals surface area (Å²) < 4.78 is 24.8. The Bertz CT molecular complexity index is 808. The first-order valence-corrected chi connectivity index (χ1v) is 10.3. The molecule has 24 heavy (non-hydrogen) atoms. The van der Waals surface area contributed by atoms with Gasteiger partial charge in [0.1, 0.15) is 5.60 Å². The fourth-order valence-electron chi connectivity index (χ4n) is 4.26. The molecule has 0 aliphatic heterocycles. The van der Waals surface area contributed by atoms with Gasteiger partial charge in [0.2, 0.25) is 10.0 Å². The van der Waals surface area contributed by atoms with Crippen molar-refractivity contribution in [2.45, 2.75) is 52.1 Å². The van der Waals surface area contributed by atoms with Gasteiger partial charge in [-0.3, -0.25) is 4.79 Å². The zero-order valence-corrected chi connectivity index (χ0v) is 15.5. The fraction of sp³-hybridized carbons (Fsp3) is 0.611. The minimum Gasteiger partial charge on any atom is -0.381 e. The minimum absolute atomic E-state index is 0.177. The second-order valence-corrected chi connectivity index (χ2v) is 9.31. The number of ketones is 1. The van der Waals surface area contributed by atoms with E-state index in [-0.39, 0.29) is 5.78 Å². The molecule has 1 saturated carbocycles. The molecule has 3 aliphatic rings. The average molecular weight is 351 g/mol. The van der Waals surface area contributed by atoms with Crippen LogP contribution in [0.5, 0.6) is 0 Å². The number of aliphatic hydroxyl groups is 1. The van der Waals surface area contributed by atoms with Crippen molar-refractivity contribution in [2.24, 2.45) is 5.41 Å². The van der Waals surface area contributed by atoms with Crippen LogP contribution in [0.4, 0.5) is 0 Å². The Balaban J connectivity index is 1.87. The highest BCUT2D eigenvalue weighted by Gasteiger charge is 2.64. The summed E-state index contributed by atoms with van der Waals surface area (Å²) in [4.78, 5) is 12.8. The molecule has 0 heterocycles. The van der Waals surface area contributed by atoms with Crippen LogP contribution in [0, 0.1) is 5.41 Å². The first-order chi connectivity index (χ1) is 11.0. The van der Waals surface area contributed by atoms with Gasteiger partial charge in [-0.15, -0.1) is 0 Å². The molecule has 0 bridgehead atoms. The van der Waals surface area contributed by atoms with E-state index in [9.17, 15) is 18.3 Å². The Labute approximate surface area is 143 Å². The Morgan fingerprint density at radius 1 is 1.29 bits per heavy atom. The SMILES string of the molecule is CC1=C(CCCNS(C)(=O)=O)C2=C(C)C3(CC3)[C@@](C)(O)C(=O)C2=C1. The van der Waals surface area contributed by atoms with Crippen LogP contribution in [0.15, 0.2) is 33.9 Å².